The number of esters is 1. The summed E-state index contributed by atoms with van der Waals surface area (Å²) in [6.45, 7) is 4.93. The van der Waals surface area contributed by atoms with Gasteiger partial charge in [0.05, 0.1) is 20.1 Å². The fraction of sp³-hybridized carbons (Fsp3) is 0.333. The van der Waals surface area contributed by atoms with Gasteiger partial charge < -0.3 is 23.5 Å². The molecule has 212 valence electrons. The van der Waals surface area contributed by atoms with E-state index in [9.17, 15) is 4.79 Å². The van der Waals surface area contributed by atoms with Crippen molar-refractivity contribution in [2.75, 3.05) is 13.7 Å². The molecule has 0 saturated carbocycles. The largest absolute Gasteiger partial charge is 0.492 e. The molecule has 2 heterocycles. The number of hydrogen-bond acceptors (Lipinski definition) is 6. The summed E-state index contributed by atoms with van der Waals surface area (Å²) in [5, 5.41) is 0. The maximum absolute atomic E-state index is 15.3. The Labute approximate surface area is 238 Å². The minimum atomic E-state index is -0.406. The number of rotatable bonds is 8. The maximum atomic E-state index is 15.3. The van der Waals surface area contributed by atoms with Crippen LogP contribution in [0.5, 0.6) is 17.2 Å². The highest BCUT2D eigenvalue weighted by atomic mass is 19.1. The molecule has 0 N–H and O–H groups in total. The number of aryl methyl sites for hydroxylation is 3. The lowest BCUT2D eigenvalue weighted by molar-refractivity contribution is -0.141. The molecule has 0 spiro atoms. The molecule has 0 amide bonds. The number of aromatic nitrogens is 2. The van der Waals surface area contributed by atoms with Crippen molar-refractivity contribution in [2.24, 2.45) is 7.05 Å². The Morgan fingerprint density at radius 1 is 1.12 bits per heavy atom. The van der Waals surface area contributed by atoms with Crippen LogP contribution in [0.1, 0.15) is 58.5 Å². The average molecular weight is 557 g/mol. The zero-order chi connectivity index (χ0) is 28.7. The van der Waals surface area contributed by atoms with Gasteiger partial charge in [-0.3, -0.25) is 4.79 Å². The smallest absolute Gasteiger partial charge is 0.306 e. The van der Waals surface area contributed by atoms with Crippen molar-refractivity contribution in [3.8, 4) is 28.4 Å². The molecule has 41 heavy (non-hydrogen) atoms. The number of carbonyl (C=O) groups excluding carboxylic acids is 1. The molecule has 1 aromatic heterocycles. The third kappa shape index (κ3) is 5.14. The fourth-order valence-corrected chi connectivity index (χ4v) is 6.09. The molecule has 0 bridgehead atoms. The monoisotopic (exact) mass is 556 g/mol. The van der Waals surface area contributed by atoms with E-state index in [-0.39, 0.29) is 24.1 Å². The van der Waals surface area contributed by atoms with Crippen LogP contribution >= 0.6 is 0 Å². The number of imidazole rings is 1. The van der Waals surface area contributed by atoms with Gasteiger partial charge in [0.15, 0.2) is 0 Å². The zero-order valence-electron chi connectivity index (χ0n) is 23.7. The third-order valence-electron chi connectivity index (χ3n) is 8.13. The summed E-state index contributed by atoms with van der Waals surface area (Å²) < 4.78 is 40.3. The van der Waals surface area contributed by atoms with E-state index < -0.39 is 6.10 Å². The Bertz CT molecular complexity index is 1610. The summed E-state index contributed by atoms with van der Waals surface area (Å²) in [5.74, 6) is 2.37. The number of halogens is 1. The first-order chi connectivity index (χ1) is 19.8. The number of methoxy groups -OCH3 is 1. The molecule has 4 aromatic rings. The number of benzene rings is 3. The van der Waals surface area contributed by atoms with Crippen LogP contribution in [0.3, 0.4) is 0 Å². The molecular weight excluding hydrogens is 523 g/mol. The van der Waals surface area contributed by atoms with Crippen LogP contribution in [-0.4, -0.2) is 29.2 Å². The molecule has 2 atom stereocenters. The average Bonchev–Trinajstić information content (AvgIpc) is 3.67. The molecule has 7 nitrogen and oxygen atoms in total. The number of fused-ring (bicyclic) bond motifs is 2. The first-order valence-corrected chi connectivity index (χ1v) is 13.8. The molecule has 0 radical (unpaired) electrons. The lowest BCUT2D eigenvalue weighted by Crippen LogP contribution is -2.09. The SMILES string of the molecule is COC(=O)CC1COc2cc(OC3CCc4c(-c5c(C)cc(OCc6nccn6C)cc5C)ccc(F)c43)ccc21. The van der Waals surface area contributed by atoms with Crippen molar-refractivity contribution in [1.29, 1.82) is 0 Å². The highest BCUT2D eigenvalue weighted by Crippen LogP contribution is 2.45. The van der Waals surface area contributed by atoms with Gasteiger partial charge in [-0.25, -0.2) is 9.37 Å². The predicted molar refractivity (Wildman–Crippen MR) is 152 cm³/mol. The third-order valence-corrected chi connectivity index (χ3v) is 8.13. The molecule has 8 heteroatoms. The van der Waals surface area contributed by atoms with Gasteiger partial charge in [0.1, 0.15) is 41.6 Å². The first kappa shape index (κ1) is 26.9. The Kier molecular flexibility index (Phi) is 7.15. The van der Waals surface area contributed by atoms with E-state index in [4.69, 9.17) is 18.9 Å². The minimum absolute atomic E-state index is 0.0446. The van der Waals surface area contributed by atoms with E-state index in [0.29, 0.717) is 43.1 Å². The van der Waals surface area contributed by atoms with Crippen LogP contribution in [0, 0.1) is 19.7 Å². The second-order valence-electron chi connectivity index (χ2n) is 10.8. The van der Waals surface area contributed by atoms with E-state index in [0.717, 1.165) is 45.0 Å². The van der Waals surface area contributed by atoms with Gasteiger partial charge in [-0.2, -0.15) is 0 Å². The van der Waals surface area contributed by atoms with Crippen LogP contribution in [-0.2, 0) is 29.6 Å². The van der Waals surface area contributed by atoms with Gasteiger partial charge in [0.25, 0.3) is 0 Å². The summed E-state index contributed by atoms with van der Waals surface area (Å²) in [6, 6.07) is 13.1. The van der Waals surface area contributed by atoms with Crippen molar-refractivity contribution >= 4 is 5.97 Å². The molecule has 1 aliphatic carbocycles. The first-order valence-electron chi connectivity index (χ1n) is 13.8. The zero-order valence-corrected chi connectivity index (χ0v) is 23.7. The topological polar surface area (TPSA) is 71.8 Å². The van der Waals surface area contributed by atoms with Gasteiger partial charge in [-0.05, 0) is 78.8 Å². The molecule has 3 aromatic carbocycles. The highest BCUT2D eigenvalue weighted by Gasteiger charge is 2.32. The molecule has 0 fully saturated rings. The van der Waals surface area contributed by atoms with Crippen LogP contribution in [0.15, 0.2) is 54.9 Å². The number of hydrogen-bond donors (Lipinski definition) is 0. The second-order valence-corrected chi connectivity index (χ2v) is 10.8. The van der Waals surface area contributed by atoms with Gasteiger partial charge in [-0.15, -0.1) is 0 Å². The number of ether oxygens (including phenoxy) is 4. The molecule has 6 rings (SSSR count). The van der Waals surface area contributed by atoms with E-state index in [1.807, 2.05) is 54.2 Å². The maximum Gasteiger partial charge on any atom is 0.306 e. The Balaban J connectivity index is 1.24. The van der Waals surface area contributed by atoms with Crippen LogP contribution in [0.4, 0.5) is 4.39 Å². The van der Waals surface area contributed by atoms with Crippen LogP contribution in [0.2, 0.25) is 0 Å². The van der Waals surface area contributed by atoms with E-state index in [1.54, 1.807) is 12.3 Å². The van der Waals surface area contributed by atoms with Crippen molar-refractivity contribution in [3.63, 3.8) is 0 Å². The molecule has 2 unspecified atom stereocenters. The summed E-state index contributed by atoms with van der Waals surface area (Å²) in [7, 11) is 3.33. The van der Waals surface area contributed by atoms with E-state index in [1.165, 1.54) is 7.11 Å². The quantitative estimate of drug-likeness (QED) is 0.230. The Morgan fingerprint density at radius 3 is 2.66 bits per heavy atom. The van der Waals surface area contributed by atoms with Crippen LogP contribution < -0.4 is 14.2 Å². The summed E-state index contributed by atoms with van der Waals surface area (Å²) >= 11 is 0. The predicted octanol–water partition coefficient (Wildman–Crippen LogP) is 6.53. The highest BCUT2D eigenvalue weighted by molar-refractivity contribution is 5.76. The van der Waals surface area contributed by atoms with Crippen molar-refractivity contribution in [2.45, 2.75) is 51.7 Å². The molecular formula is C33H33FN2O5. The van der Waals surface area contributed by atoms with Gasteiger partial charge in [-0.1, -0.05) is 12.1 Å². The lowest BCUT2D eigenvalue weighted by Gasteiger charge is -2.19. The second kappa shape index (κ2) is 10.9. The minimum Gasteiger partial charge on any atom is -0.492 e. The molecule has 2 aliphatic rings. The molecule has 1 aliphatic heterocycles. The normalized spacial score (nSPS) is 17.1. The van der Waals surface area contributed by atoms with Gasteiger partial charge in [0, 0.05) is 42.6 Å². The van der Waals surface area contributed by atoms with Gasteiger partial charge in [0.2, 0.25) is 0 Å². The Hall–Kier alpha value is -4.33. The summed E-state index contributed by atoms with van der Waals surface area (Å²) in [5.41, 5.74) is 6.81. The Morgan fingerprint density at radius 2 is 1.93 bits per heavy atom. The van der Waals surface area contributed by atoms with E-state index >= 15 is 4.39 Å². The van der Waals surface area contributed by atoms with Crippen molar-refractivity contribution in [3.05, 3.63) is 94.3 Å². The number of carbonyl (C=O) groups is 1. The standard InChI is InChI=1S/C33H33FN2O5/c1-19-13-23(39-18-30-35-11-12-36(30)3)14-20(2)32(19)25-7-9-27(34)33-26(25)8-10-28(33)41-22-5-6-24-21(15-31(37)38-4)17-40-29(24)16-22/h5-7,9,11-14,16,21,28H,8,10,15,17-18H2,1-4H3. The van der Waals surface area contributed by atoms with E-state index in [2.05, 4.69) is 18.8 Å². The summed E-state index contributed by atoms with van der Waals surface area (Å²) in [6.07, 6.45) is 4.90. The summed E-state index contributed by atoms with van der Waals surface area (Å²) in [4.78, 5) is 16.1. The van der Waals surface area contributed by atoms with Crippen molar-refractivity contribution < 1.29 is 28.1 Å². The van der Waals surface area contributed by atoms with Crippen molar-refractivity contribution in [1.82, 2.24) is 9.55 Å². The lowest BCUT2D eigenvalue weighted by atomic mass is 9.90. The molecule has 0 saturated heterocycles. The number of nitrogens with zero attached hydrogens (tertiary/aromatic N) is 2. The van der Waals surface area contributed by atoms with Crippen LogP contribution in [0.25, 0.3) is 11.1 Å². The van der Waals surface area contributed by atoms with Gasteiger partial charge >= 0.3 is 5.97 Å². The fourth-order valence-electron chi connectivity index (χ4n) is 6.09.